The Bertz CT molecular complexity index is 438. The molecule has 6 heteroatoms. The second-order valence-electron chi connectivity index (χ2n) is 5.63. The summed E-state index contributed by atoms with van der Waals surface area (Å²) in [7, 11) is 0. The van der Waals surface area contributed by atoms with Crippen LogP contribution in [-0.2, 0) is 4.79 Å². The van der Waals surface area contributed by atoms with Gasteiger partial charge in [-0.2, -0.15) is 0 Å². The first-order valence-electron chi connectivity index (χ1n) is 6.46. The van der Waals surface area contributed by atoms with E-state index in [1.165, 1.54) is 0 Å². The van der Waals surface area contributed by atoms with Crippen molar-refractivity contribution in [1.82, 2.24) is 9.80 Å². The Labute approximate surface area is 121 Å². The second kappa shape index (κ2) is 5.15. The number of amides is 2. The van der Waals surface area contributed by atoms with Crippen molar-refractivity contribution in [3.63, 3.8) is 0 Å². The molecule has 1 N–H and O–H groups in total. The van der Waals surface area contributed by atoms with Crippen LogP contribution >= 0.6 is 15.9 Å². The van der Waals surface area contributed by atoms with Gasteiger partial charge in [0.25, 0.3) is 0 Å². The van der Waals surface area contributed by atoms with Gasteiger partial charge in [0.05, 0.1) is 5.41 Å². The molecule has 0 aromatic heterocycles. The summed E-state index contributed by atoms with van der Waals surface area (Å²) in [6.45, 7) is 5.71. The van der Waals surface area contributed by atoms with E-state index in [2.05, 4.69) is 15.9 Å². The van der Waals surface area contributed by atoms with E-state index in [1.807, 2.05) is 13.0 Å². The SMILES string of the molecule is C[C@@H]1CN(C(=O)N2CC=C(Br)CC2)C[C@@]1(C)C(=O)O. The van der Waals surface area contributed by atoms with Gasteiger partial charge in [0.2, 0.25) is 0 Å². The fourth-order valence-corrected chi connectivity index (χ4v) is 2.91. The van der Waals surface area contributed by atoms with Gasteiger partial charge in [0.15, 0.2) is 0 Å². The number of carbonyl (C=O) groups is 2. The first kappa shape index (κ1) is 14.4. The maximum absolute atomic E-state index is 12.4. The monoisotopic (exact) mass is 330 g/mol. The molecule has 0 spiro atoms. The van der Waals surface area contributed by atoms with Crippen molar-refractivity contribution in [2.24, 2.45) is 11.3 Å². The van der Waals surface area contributed by atoms with E-state index in [0.29, 0.717) is 26.2 Å². The average molecular weight is 331 g/mol. The zero-order valence-corrected chi connectivity index (χ0v) is 12.8. The Hall–Kier alpha value is -1.04. The van der Waals surface area contributed by atoms with Crippen LogP contribution in [0.15, 0.2) is 10.6 Å². The lowest BCUT2D eigenvalue weighted by molar-refractivity contribution is -0.148. The third-order valence-corrected chi connectivity index (χ3v) is 5.00. The summed E-state index contributed by atoms with van der Waals surface area (Å²) in [5, 5.41) is 9.32. The second-order valence-corrected chi connectivity index (χ2v) is 6.65. The zero-order valence-electron chi connectivity index (χ0n) is 11.2. The Morgan fingerprint density at radius 2 is 2.16 bits per heavy atom. The molecule has 5 nitrogen and oxygen atoms in total. The lowest BCUT2D eigenvalue weighted by Crippen LogP contribution is -2.45. The maximum Gasteiger partial charge on any atom is 0.320 e. The predicted octanol–water partition coefficient (Wildman–Crippen LogP) is 2.13. The predicted molar refractivity (Wildman–Crippen MR) is 75.1 cm³/mol. The minimum Gasteiger partial charge on any atom is -0.481 e. The number of halogens is 1. The zero-order chi connectivity index (χ0) is 14.2. The van der Waals surface area contributed by atoms with E-state index in [4.69, 9.17) is 0 Å². The van der Waals surface area contributed by atoms with Crippen molar-refractivity contribution in [2.45, 2.75) is 20.3 Å². The van der Waals surface area contributed by atoms with Gasteiger partial charge in [-0.1, -0.05) is 28.9 Å². The molecular weight excluding hydrogens is 312 g/mol. The lowest BCUT2D eigenvalue weighted by atomic mass is 9.81. The van der Waals surface area contributed by atoms with E-state index in [-0.39, 0.29) is 11.9 Å². The van der Waals surface area contributed by atoms with Gasteiger partial charge in [0.1, 0.15) is 0 Å². The third-order valence-electron chi connectivity index (χ3n) is 4.28. The van der Waals surface area contributed by atoms with Gasteiger partial charge < -0.3 is 14.9 Å². The van der Waals surface area contributed by atoms with Crippen molar-refractivity contribution >= 4 is 27.9 Å². The van der Waals surface area contributed by atoms with Crippen LogP contribution in [0.1, 0.15) is 20.3 Å². The summed E-state index contributed by atoms with van der Waals surface area (Å²) >= 11 is 3.43. The van der Waals surface area contributed by atoms with E-state index in [9.17, 15) is 14.7 Å². The van der Waals surface area contributed by atoms with Crippen LogP contribution in [-0.4, -0.2) is 53.1 Å². The highest BCUT2D eigenvalue weighted by Crippen LogP contribution is 2.36. The maximum atomic E-state index is 12.4. The number of hydrogen-bond donors (Lipinski definition) is 1. The minimum atomic E-state index is -0.831. The fourth-order valence-electron chi connectivity index (χ4n) is 2.59. The molecule has 2 rings (SSSR count). The average Bonchev–Trinajstić information content (AvgIpc) is 2.67. The molecular formula is C13H19BrN2O3. The molecule has 2 aliphatic rings. The molecule has 2 amide bonds. The first-order chi connectivity index (χ1) is 8.84. The molecule has 0 bridgehead atoms. The summed E-state index contributed by atoms with van der Waals surface area (Å²) in [6.07, 6.45) is 2.81. The Kier molecular flexibility index (Phi) is 3.90. The molecule has 2 heterocycles. The van der Waals surface area contributed by atoms with Gasteiger partial charge in [-0.25, -0.2) is 4.79 Å². The molecule has 19 heavy (non-hydrogen) atoms. The van der Waals surface area contributed by atoms with Gasteiger partial charge in [-0.15, -0.1) is 0 Å². The summed E-state index contributed by atoms with van der Waals surface area (Å²) < 4.78 is 1.13. The number of hydrogen-bond acceptors (Lipinski definition) is 2. The number of nitrogens with zero attached hydrogens (tertiary/aromatic N) is 2. The first-order valence-corrected chi connectivity index (χ1v) is 7.25. The number of rotatable bonds is 1. The highest BCUT2D eigenvalue weighted by Gasteiger charge is 2.48. The van der Waals surface area contributed by atoms with Gasteiger partial charge in [-0.05, 0) is 23.7 Å². The number of carboxylic acid groups (broad SMARTS) is 1. The van der Waals surface area contributed by atoms with Crippen LogP contribution in [0.5, 0.6) is 0 Å². The molecule has 106 valence electrons. The molecule has 0 aromatic carbocycles. The number of carbonyl (C=O) groups excluding carboxylic acids is 1. The molecule has 1 fully saturated rings. The lowest BCUT2D eigenvalue weighted by Gasteiger charge is -2.30. The molecule has 0 aliphatic carbocycles. The van der Waals surface area contributed by atoms with E-state index in [0.717, 1.165) is 10.9 Å². The van der Waals surface area contributed by atoms with Crippen LogP contribution in [0.4, 0.5) is 4.79 Å². The molecule has 0 saturated carbocycles. The van der Waals surface area contributed by atoms with Gasteiger partial charge in [-0.3, -0.25) is 4.79 Å². The van der Waals surface area contributed by atoms with Gasteiger partial charge >= 0.3 is 12.0 Å². The number of carboxylic acids is 1. The van der Waals surface area contributed by atoms with Gasteiger partial charge in [0, 0.05) is 26.2 Å². The van der Waals surface area contributed by atoms with E-state index >= 15 is 0 Å². The Balaban J connectivity index is 2.05. The van der Waals surface area contributed by atoms with E-state index in [1.54, 1.807) is 16.7 Å². The number of urea groups is 1. The van der Waals surface area contributed by atoms with Crippen molar-refractivity contribution in [3.05, 3.63) is 10.6 Å². The summed E-state index contributed by atoms with van der Waals surface area (Å²) in [5.41, 5.74) is -0.831. The molecule has 0 radical (unpaired) electrons. The quantitative estimate of drug-likeness (QED) is 0.801. The molecule has 2 aliphatic heterocycles. The standard InChI is InChI=1S/C13H19BrN2O3/c1-9-7-16(8-13(9,2)11(17)18)12(19)15-5-3-10(14)4-6-15/h3,9H,4-8H2,1-2H3,(H,17,18)/t9-,13-/m1/s1. The molecule has 0 unspecified atom stereocenters. The van der Waals surface area contributed by atoms with Crippen LogP contribution in [0.3, 0.4) is 0 Å². The number of likely N-dealkylation sites (tertiary alicyclic amines) is 1. The van der Waals surface area contributed by atoms with Crippen LogP contribution in [0, 0.1) is 11.3 Å². The van der Waals surface area contributed by atoms with Crippen molar-refractivity contribution in [2.75, 3.05) is 26.2 Å². The number of aliphatic carboxylic acids is 1. The Morgan fingerprint density at radius 3 is 2.63 bits per heavy atom. The van der Waals surface area contributed by atoms with Crippen LogP contribution in [0.2, 0.25) is 0 Å². The largest absolute Gasteiger partial charge is 0.481 e. The van der Waals surface area contributed by atoms with Crippen molar-refractivity contribution < 1.29 is 14.7 Å². The molecule has 1 saturated heterocycles. The fraction of sp³-hybridized carbons (Fsp3) is 0.692. The highest BCUT2D eigenvalue weighted by atomic mass is 79.9. The van der Waals surface area contributed by atoms with Crippen molar-refractivity contribution in [3.8, 4) is 0 Å². The third kappa shape index (κ3) is 2.63. The summed E-state index contributed by atoms with van der Waals surface area (Å²) in [6, 6.07) is -0.0481. The molecule has 2 atom stereocenters. The minimum absolute atomic E-state index is 0.0268. The van der Waals surface area contributed by atoms with Crippen molar-refractivity contribution in [1.29, 1.82) is 0 Å². The van der Waals surface area contributed by atoms with E-state index < -0.39 is 11.4 Å². The normalized spacial score (nSPS) is 31.3. The molecule has 0 aromatic rings. The topological polar surface area (TPSA) is 60.9 Å². The highest BCUT2D eigenvalue weighted by molar-refractivity contribution is 9.11. The summed E-state index contributed by atoms with van der Waals surface area (Å²) in [5.74, 6) is -0.849. The summed E-state index contributed by atoms with van der Waals surface area (Å²) in [4.78, 5) is 27.2. The van der Waals surface area contributed by atoms with Crippen LogP contribution < -0.4 is 0 Å². The smallest absolute Gasteiger partial charge is 0.320 e. The Morgan fingerprint density at radius 1 is 1.47 bits per heavy atom. The van der Waals surface area contributed by atoms with Crippen LogP contribution in [0.25, 0.3) is 0 Å².